The lowest BCUT2D eigenvalue weighted by Crippen LogP contribution is -2.37. The van der Waals surface area contributed by atoms with Crippen LogP contribution in [-0.4, -0.2) is 32.1 Å². The van der Waals surface area contributed by atoms with Crippen LogP contribution in [-0.2, 0) is 10.0 Å². The highest BCUT2D eigenvalue weighted by Crippen LogP contribution is 2.30. The van der Waals surface area contributed by atoms with E-state index in [1.807, 2.05) is 6.07 Å². The summed E-state index contributed by atoms with van der Waals surface area (Å²) in [4.78, 5) is 0. The highest BCUT2D eigenvalue weighted by Gasteiger charge is 2.26. The highest BCUT2D eigenvalue weighted by molar-refractivity contribution is 7.88. The van der Waals surface area contributed by atoms with Crippen molar-refractivity contribution in [2.45, 2.75) is 18.8 Å². The Bertz CT molecular complexity index is 493. The van der Waals surface area contributed by atoms with E-state index in [0.29, 0.717) is 31.5 Å². The maximum Gasteiger partial charge on any atom is 0.211 e. The maximum absolute atomic E-state index is 13.6. The smallest absolute Gasteiger partial charge is 0.211 e. The molecular formula is C12H16FNO2S. The van der Waals surface area contributed by atoms with E-state index in [9.17, 15) is 12.8 Å². The second-order valence-electron chi connectivity index (χ2n) is 4.46. The molecular weight excluding hydrogens is 241 g/mol. The average Bonchev–Trinajstić information content (AvgIpc) is 2.29. The zero-order chi connectivity index (χ0) is 12.5. The molecule has 2 rings (SSSR count). The van der Waals surface area contributed by atoms with Gasteiger partial charge in [-0.15, -0.1) is 0 Å². The van der Waals surface area contributed by atoms with E-state index in [0.717, 1.165) is 0 Å². The molecule has 1 aliphatic heterocycles. The Balaban J connectivity index is 2.08. The monoisotopic (exact) mass is 257 g/mol. The maximum atomic E-state index is 13.6. The number of hydrogen-bond donors (Lipinski definition) is 0. The number of nitrogens with zero attached hydrogens (tertiary/aromatic N) is 1. The first-order valence-electron chi connectivity index (χ1n) is 5.68. The minimum Gasteiger partial charge on any atom is -0.213 e. The van der Waals surface area contributed by atoms with Crippen LogP contribution in [0.2, 0.25) is 0 Å². The second-order valence-corrected chi connectivity index (χ2v) is 6.44. The standard InChI is InChI=1S/C12H16FNO2S/c1-17(15,16)14-8-6-10(7-9-14)11-4-2-3-5-12(11)13/h2-5,10H,6-9H2,1H3. The van der Waals surface area contributed by atoms with Gasteiger partial charge in [-0.25, -0.2) is 17.1 Å². The quantitative estimate of drug-likeness (QED) is 0.812. The first kappa shape index (κ1) is 12.5. The topological polar surface area (TPSA) is 37.4 Å². The summed E-state index contributed by atoms with van der Waals surface area (Å²) in [5, 5.41) is 0. The van der Waals surface area contributed by atoms with Crippen LogP contribution in [0.5, 0.6) is 0 Å². The third-order valence-electron chi connectivity index (χ3n) is 3.27. The van der Waals surface area contributed by atoms with Crippen molar-refractivity contribution in [2.24, 2.45) is 0 Å². The van der Waals surface area contributed by atoms with Crippen molar-refractivity contribution in [3.05, 3.63) is 35.6 Å². The van der Waals surface area contributed by atoms with Gasteiger partial charge in [0.15, 0.2) is 0 Å². The van der Waals surface area contributed by atoms with E-state index in [1.165, 1.54) is 16.6 Å². The van der Waals surface area contributed by atoms with Gasteiger partial charge in [-0.05, 0) is 30.4 Å². The zero-order valence-corrected chi connectivity index (χ0v) is 10.6. The highest BCUT2D eigenvalue weighted by atomic mass is 32.2. The molecule has 0 amide bonds. The third-order valence-corrected chi connectivity index (χ3v) is 4.57. The molecule has 1 saturated heterocycles. The summed E-state index contributed by atoms with van der Waals surface area (Å²) in [6, 6.07) is 6.74. The SMILES string of the molecule is CS(=O)(=O)N1CCC(c2ccccc2F)CC1. The predicted molar refractivity (Wildman–Crippen MR) is 64.8 cm³/mol. The number of hydrogen-bond acceptors (Lipinski definition) is 2. The summed E-state index contributed by atoms with van der Waals surface area (Å²) in [5.74, 6) is -0.0560. The Morgan fingerprint density at radius 1 is 1.24 bits per heavy atom. The molecule has 0 saturated carbocycles. The zero-order valence-electron chi connectivity index (χ0n) is 9.77. The molecule has 0 aromatic heterocycles. The summed E-state index contributed by atoms with van der Waals surface area (Å²) in [6.45, 7) is 0.968. The Kier molecular flexibility index (Phi) is 3.49. The first-order valence-corrected chi connectivity index (χ1v) is 7.53. The lowest BCUT2D eigenvalue weighted by atomic mass is 9.90. The van der Waals surface area contributed by atoms with Crippen LogP contribution in [0, 0.1) is 5.82 Å². The van der Waals surface area contributed by atoms with Gasteiger partial charge in [0.2, 0.25) is 10.0 Å². The van der Waals surface area contributed by atoms with Gasteiger partial charge in [0.05, 0.1) is 6.26 Å². The fourth-order valence-corrected chi connectivity index (χ4v) is 3.18. The Morgan fingerprint density at radius 3 is 2.35 bits per heavy atom. The third kappa shape index (κ3) is 2.84. The van der Waals surface area contributed by atoms with Crippen molar-refractivity contribution < 1.29 is 12.8 Å². The number of benzene rings is 1. The summed E-state index contributed by atoms with van der Waals surface area (Å²) < 4.78 is 37.7. The van der Waals surface area contributed by atoms with E-state index >= 15 is 0 Å². The predicted octanol–water partition coefficient (Wildman–Crippen LogP) is 1.96. The van der Waals surface area contributed by atoms with Crippen molar-refractivity contribution >= 4 is 10.0 Å². The van der Waals surface area contributed by atoms with Crippen LogP contribution < -0.4 is 0 Å². The number of sulfonamides is 1. The molecule has 1 fully saturated rings. The molecule has 3 nitrogen and oxygen atoms in total. The largest absolute Gasteiger partial charge is 0.213 e. The van der Waals surface area contributed by atoms with Crippen molar-refractivity contribution in [1.82, 2.24) is 4.31 Å². The molecule has 94 valence electrons. The number of rotatable bonds is 2. The molecule has 1 heterocycles. The van der Waals surface area contributed by atoms with Gasteiger partial charge in [-0.2, -0.15) is 0 Å². The van der Waals surface area contributed by atoms with Gasteiger partial charge in [0.25, 0.3) is 0 Å². The Hall–Kier alpha value is -0.940. The van der Waals surface area contributed by atoms with Crippen molar-refractivity contribution in [1.29, 1.82) is 0 Å². The van der Waals surface area contributed by atoms with Crippen molar-refractivity contribution in [3.63, 3.8) is 0 Å². The molecule has 0 unspecified atom stereocenters. The van der Waals surface area contributed by atoms with Crippen molar-refractivity contribution in [3.8, 4) is 0 Å². The normalized spacial score (nSPS) is 19.4. The van der Waals surface area contributed by atoms with Gasteiger partial charge < -0.3 is 0 Å². The molecule has 0 bridgehead atoms. The Morgan fingerprint density at radius 2 is 1.82 bits per heavy atom. The van der Waals surface area contributed by atoms with E-state index in [2.05, 4.69) is 0 Å². The fraction of sp³-hybridized carbons (Fsp3) is 0.500. The average molecular weight is 257 g/mol. The molecule has 5 heteroatoms. The lowest BCUT2D eigenvalue weighted by Gasteiger charge is -2.30. The molecule has 0 spiro atoms. The molecule has 0 atom stereocenters. The van der Waals surface area contributed by atoms with E-state index < -0.39 is 10.0 Å². The molecule has 0 N–H and O–H groups in total. The summed E-state index contributed by atoms with van der Waals surface area (Å²) in [6.07, 6.45) is 2.60. The second kappa shape index (κ2) is 4.74. The minimum atomic E-state index is -3.10. The van der Waals surface area contributed by atoms with Gasteiger partial charge in [-0.3, -0.25) is 0 Å². The summed E-state index contributed by atoms with van der Waals surface area (Å²) in [7, 11) is -3.10. The lowest BCUT2D eigenvalue weighted by molar-refractivity contribution is 0.317. The number of halogens is 1. The molecule has 1 aliphatic rings. The fourth-order valence-electron chi connectivity index (χ4n) is 2.30. The molecule has 1 aromatic rings. The van der Waals surface area contributed by atoms with E-state index in [-0.39, 0.29) is 11.7 Å². The van der Waals surface area contributed by atoms with Crippen LogP contribution in [0.4, 0.5) is 4.39 Å². The van der Waals surface area contributed by atoms with Gasteiger partial charge in [-0.1, -0.05) is 18.2 Å². The van der Waals surface area contributed by atoms with E-state index in [1.54, 1.807) is 12.1 Å². The number of piperidine rings is 1. The molecule has 17 heavy (non-hydrogen) atoms. The van der Waals surface area contributed by atoms with Crippen LogP contribution in [0.1, 0.15) is 24.3 Å². The van der Waals surface area contributed by atoms with Crippen molar-refractivity contribution in [2.75, 3.05) is 19.3 Å². The van der Waals surface area contributed by atoms with Crippen LogP contribution in [0.25, 0.3) is 0 Å². The van der Waals surface area contributed by atoms with Gasteiger partial charge in [0.1, 0.15) is 5.82 Å². The molecule has 1 aromatic carbocycles. The minimum absolute atomic E-state index is 0.134. The van der Waals surface area contributed by atoms with E-state index in [4.69, 9.17) is 0 Å². The van der Waals surface area contributed by atoms with Crippen LogP contribution in [0.15, 0.2) is 24.3 Å². The molecule has 0 radical (unpaired) electrons. The van der Waals surface area contributed by atoms with Gasteiger partial charge >= 0.3 is 0 Å². The summed E-state index contributed by atoms with van der Waals surface area (Å²) in [5.41, 5.74) is 0.709. The van der Waals surface area contributed by atoms with Gasteiger partial charge in [0, 0.05) is 13.1 Å². The van der Waals surface area contributed by atoms with Crippen LogP contribution in [0.3, 0.4) is 0 Å². The Labute approximate surface area is 101 Å². The van der Waals surface area contributed by atoms with Crippen LogP contribution >= 0.6 is 0 Å². The summed E-state index contributed by atoms with van der Waals surface area (Å²) >= 11 is 0. The molecule has 0 aliphatic carbocycles. The first-order chi connectivity index (χ1) is 7.98.